The highest BCUT2D eigenvalue weighted by Crippen LogP contribution is 2.33. The Bertz CT molecular complexity index is 301. The van der Waals surface area contributed by atoms with Crippen LogP contribution in [0.4, 0.5) is 0 Å². The lowest BCUT2D eigenvalue weighted by atomic mass is 9.99. The zero-order valence-electron chi connectivity index (χ0n) is 7.31. The quantitative estimate of drug-likeness (QED) is 0.671. The fraction of sp³-hybridized carbons (Fsp3) is 0.400. The zero-order valence-corrected chi connectivity index (χ0v) is 7.31. The number of aliphatic hydroxyl groups is 1. The predicted octanol–water partition coefficient (Wildman–Crippen LogP) is 0.830. The van der Waals surface area contributed by atoms with Crippen LogP contribution in [0, 0.1) is 0 Å². The van der Waals surface area contributed by atoms with Gasteiger partial charge in [0.15, 0.2) is 0 Å². The fourth-order valence-corrected chi connectivity index (χ4v) is 1.61. The van der Waals surface area contributed by atoms with Crippen LogP contribution in [0.15, 0.2) is 24.3 Å². The summed E-state index contributed by atoms with van der Waals surface area (Å²) < 4.78 is 5.57. The van der Waals surface area contributed by atoms with Crippen molar-refractivity contribution in [2.45, 2.75) is 18.6 Å². The summed E-state index contributed by atoms with van der Waals surface area (Å²) in [6, 6.07) is 7.53. The van der Waals surface area contributed by atoms with E-state index in [4.69, 9.17) is 10.5 Å². The Balaban J connectivity index is 2.31. The third-order valence-corrected chi connectivity index (χ3v) is 2.32. The molecule has 0 aliphatic carbocycles. The number of ether oxygens (including phenoxy) is 1. The van der Waals surface area contributed by atoms with Crippen LogP contribution in [0.25, 0.3) is 0 Å². The average Bonchev–Trinajstić information content (AvgIpc) is 2.18. The van der Waals surface area contributed by atoms with Crippen molar-refractivity contribution < 1.29 is 9.84 Å². The Kier molecular flexibility index (Phi) is 2.20. The van der Waals surface area contributed by atoms with Gasteiger partial charge in [-0.2, -0.15) is 0 Å². The van der Waals surface area contributed by atoms with Crippen molar-refractivity contribution >= 4 is 0 Å². The molecule has 2 rings (SSSR count). The molecule has 1 unspecified atom stereocenters. The standard InChI is InChI=1S/C10H13NO2/c11-6-7-5-9(12)8-3-1-2-4-10(8)13-7/h1-4,7,9,12H,5-6,11H2/t7-,9?/m0/s1. The first kappa shape index (κ1) is 8.53. The van der Waals surface area contributed by atoms with Gasteiger partial charge < -0.3 is 15.6 Å². The second-order valence-electron chi connectivity index (χ2n) is 3.26. The number of aliphatic hydroxyl groups excluding tert-OH is 1. The first-order chi connectivity index (χ1) is 6.31. The van der Waals surface area contributed by atoms with E-state index < -0.39 is 6.10 Å². The molecular weight excluding hydrogens is 166 g/mol. The molecule has 3 N–H and O–H groups in total. The van der Waals surface area contributed by atoms with Gasteiger partial charge in [0.25, 0.3) is 0 Å². The van der Waals surface area contributed by atoms with Gasteiger partial charge in [-0.1, -0.05) is 18.2 Å². The maximum Gasteiger partial charge on any atom is 0.125 e. The molecular formula is C10H13NO2. The number of para-hydroxylation sites is 1. The first-order valence-electron chi connectivity index (χ1n) is 4.45. The maximum atomic E-state index is 9.73. The minimum Gasteiger partial charge on any atom is -0.489 e. The van der Waals surface area contributed by atoms with E-state index in [9.17, 15) is 5.11 Å². The van der Waals surface area contributed by atoms with E-state index in [1.165, 1.54) is 0 Å². The fourth-order valence-electron chi connectivity index (χ4n) is 1.61. The summed E-state index contributed by atoms with van der Waals surface area (Å²) >= 11 is 0. The Hall–Kier alpha value is -1.06. The van der Waals surface area contributed by atoms with E-state index >= 15 is 0 Å². The van der Waals surface area contributed by atoms with Crippen LogP contribution < -0.4 is 10.5 Å². The van der Waals surface area contributed by atoms with Crippen molar-refractivity contribution in [3.8, 4) is 5.75 Å². The van der Waals surface area contributed by atoms with E-state index in [0.717, 1.165) is 11.3 Å². The summed E-state index contributed by atoms with van der Waals surface area (Å²) in [5, 5.41) is 9.73. The number of nitrogens with two attached hydrogens (primary N) is 1. The second-order valence-corrected chi connectivity index (χ2v) is 3.26. The number of rotatable bonds is 1. The molecule has 0 amide bonds. The Morgan fingerprint density at radius 2 is 2.23 bits per heavy atom. The van der Waals surface area contributed by atoms with Crippen molar-refractivity contribution in [3.05, 3.63) is 29.8 Å². The van der Waals surface area contributed by atoms with Gasteiger partial charge in [-0.05, 0) is 6.07 Å². The molecule has 3 nitrogen and oxygen atoms in total. The van der Waals surface area contributed by atoms with Gasteiger partial charge in [-0.15, -0.1) is 0 Å². The van der Waals surface area contributed by atoms with Gasteiger partial charge in [0.1, 0.15) is 11.9 Å². The minimum absolute atomic E-state index is 0.0510. The molecule has 1 aliphatic rings. The summed E-state index contributed by atoms with van der Waals surface area (Å²) in [5.74, 6) is 0.761. The smallest absolute Gasteiger partial charge is 0.125 e. The Morgan fingerprint density at radius 1 is 1.46 bits per heavy atom. The average molecular weight is 179 g/mol. The van der Waals surface area contributed by atoms with Gasteiger partial charge in [-0.25, -0.2) is 0 Å². The molecule has 1 aromatic carbocycles. The Labute approximate surface area is 77.1 Å². The lowest BCUT2D eigenvalue weighted by molar-refractivity contribution is 0.0701. The van der Waals surface area contributed by atoms with Gasteiger partial charge in [0.05, 0.1) is 6.10 Å². The van der Waals surface area contributed by atoms with E-state index in [-0.39, 0.29) is 6.10 Å². The summed E-state index contributed by atoms with van der Waals surface area (Å²) in [6.07, 6.45) is 0.108. The molecule has 2 atom stereocenters. The molecule has 0 aromatic heterocycles. The molecule has 1 aliphatic heterocycles. The van der Waals surface area contributed by atoms with E-state index in [1.807, 2.05) is 24.3 Å². The number of fused-ring (bicyclic) bond motifs is 1. The number of hydrogen-bond acceptors (Lipinski definition) is 3. The van der Waals surface area contributed by atoms with Gasteiger partial charge >= 0.3 is 0 Å². The highest BCUT2D eigenvalue weighted by molar-refractivity contribution is 5.36. The third-order valence-electron chi connectivity index (χ3n) is 2.32. The molecule has 3 heteroatoms. The minimum atomic E-state index is -0.432. The molecule has 1 aromatic rings. The van der Waals surface area contributed by atoms with Crippen molar-refractivity contribution in [1.29, 1.82) is 0 Å². The molecule has 70 valence electrons. The molecule has 0 saturated heterocycles. The molecule has 13 heavy (non-hydrogen) atoms. The normalized spacial score (nSPS) is 26.3. The highest BCUT2D eigenvalue weighted by Gasteiger charge is 2.25. The van der Waals surface area contributed by atoms with E-state index in [1.54, 1.807) is 0 Å². The number of benzene rings is 1. The van der Waals surface area contributed by atoms with E-state index in [0.29, 0.717) is 13.0 Å². The molecule has 0 spiro atoms. The number of hydrogen-bond donors (Lipinski definition) is 2. The summed E-state index contributed by atoms with van der Waals surface area (Å²) in [6.45, 7) is 0.450. The van der Waals surface area contributed by atoms with Crippen molar-refractivity contribution in [2.75, 3.05) is 6.54 Å². The van der Waals surface area contributed by atoms with Crippen LogP contribution in [-0.4, -0.2) is 17.8 Å². The second kappa shape index (κ2) is 3.36. The first-order valence-corrected chi connectivity index (χ1v) is 4.45. The lowest BCUT2D eigenvalue weighted by Crippen LogP contribution is -2.32. The van der Waals surface area contributed by atoms with Crippen molar-refractivity contribution in [1.82, 2.24) is 0 Å². The molecule has 0 saturated carbocycles. The third kappa shape index (κ3) is 1.53. The molecule has 0 bridgehead atoms. The van der Waals surface area contributed by atoms with E-state index in [2.05, 4.69) is 0 Å². The van der Waals surface area contributed by atoms with Crippen LogP contribution in [0.2, 0.25) is 0 Å². The molecule has 0 fully saturated rings. The van der Waals surface area contributed by atoms with Crippen LogP contribution >= 0.6 is 0 Å². The SMILES string of the molecule is NC[C@@H]1CC(O)c2ccccc2O1. The Morgan fingerprint density at radius 3 is 3.00 bits per heavy atom. The molecule has 1 heterocycles. The molecule has 0 radical (unpaired) electrons. The van der Waals surface area contributed by atoms with Crippen LogP contribution in [0.3, 0.4) is 0 Å². The topological polar surface area (TPSA) is 55.5 Å². The monoisotopic (exact) mass is 179 g/mol. The van der Waals surface area contributed by atoms with Gasteiger partial charge in [0.2, 0.25) is 0 Å². The van der Waals surface area contributed by atoms with Crippen molar-refractivity contribution in [2.24, 2.45) is 5.73 Å². The van der Waals surface area contributed by atoms with Gasteiger partial charge in [0, 0.05) is 18.5 Å². The largest absolute Gasteiger partial charge is 0.489 e. The van der Waals surface area contributed by atoms with Crippen molar-refractivity contribution in [3.63, 3.8) is 0 Å². The van der Waals surface area contributed by atoms with Gasteiger partial charge in [-0.3, -0.25) is 0 Å². The van der Waals surface area contributed by atoms with Crippen LogP contribution in [0.5, 0.6) is 5.75 Å². The summed E-state index contributed by atoms with van der Waals surface area (Å²) in [7, 11) is 0. The zero-order chi connectivity index (χ0) is 9.26. The predicted molar refractivity (Wildman–Crippen MR) is 49.5 cm³/mol. The van der Waals surface area contributed by atoms with Crippen LogP contribution in [-0.2, 0) is 0 Å². The lowest BCUT2D eigenvalue weighted by Gasteiger charge is -2.28. The highest BCUT2D eigenvalue weighted by atomic mass is 16.5. The maximum absolute atomic E-state index is 9.73. The summed E-state index contributed by atoms with van der Waals surface area (Å²) in [4.78, 5) is 0. The van der Waals surface area contributed by atoms with Crippen LogP contribution in [0.1, 0.15) is 18.1 Å². The summed E-state index contributed by atoms with van der Waals surface area (Å²) in [5.41, 5.74) is 6.35.